The van der Waals surface area contributed by atoms with E-state index in [9.17, 15) is 0 Å². The van der Waals surface area contributed by atoms with Gasteiger partial charge < -0.3 is 10.5 Å². The van der Waals surface area contributed by atoms with Crippen LogP contribution in [0.25, 0.3) is 0 Å². The lowest BCUT2D eigenvalue weighted by Crippen LogP contribution is -2.35. The first-order valence-electron chi connectivity index (χ1n) is 6.21. The van der Waals surface area contributed by atoms with Crippen molar-refractivity contribution < 1.29 is 4.74 Å². The molecule has 2 N–H and O–H groups in total. The lowest BCUT2D eigenvalue weighted by molar-refractivity contribution is 0.0102. The average molecular weight is 235 g/mol. The summed E-state index contributed by atoms with van der Waals surface area (Å²) in [6.07, 6.45) is 1.78. The summed E-state index contributed by atoms with van der Waals surface area (Å²) in [6, 6.07) is 6.71. The monoisotopic (exact) mass is 235 g/mol. The molecule has 0 spiro atoms. The summed E-state index contributed by atoms with van der Waals surface area (Å²) < 4.78 is 5.41. The molecule has 0 aliphatic heterocycles. The van der Waals surface area contributed by atoms with Crippen LogP contribution in [-0.2, 0) is 11.2 Å². The predicted molar refractivity (Wildman–Crippen MR) is 73.3 cm³/mol. The van der Waals surface area contributed by atoms with Gasteiger partial charge in [0.2, 0.25) is 0 Å². The molecule has 1 atom stereocenters. The quantitative estimate of drug-likeness (QED) is 0.851. The highest BCUT2D eigenvalue weighted by Gasteiger charge is 2.20. The van der Waals surface area contributed by atoms with E-state index in [1.165, 1.54) is 16.7 Å². The maximum absolute atomic E-state index is 6.18. The number of methoxy groups -OCH3 is 1. The average Bonchev–Trinajstić information content (AvgIpc) is 2.23. The van der Waals surface area contributed by atoms with Gasteiger partial charge in [-0.3, -0.25) is 0 Å². The van der Waals surface area contributed by atoms with Gasteiger partial charge in [-0.15, -0.1) is 0 Å². The summed E-state index contributed by atoms with van der Waals surface area (Å²) in [7, 11) is 1.74. The van der Waals surface area contributed by atoms with Crippen molar-refractivity contribution in [3.63, 3.8) is 0 Å². The van der Waals surface area contributed by atoms with E-state index >= 15 is 0 Å². The Hall–Kier alpha value is -0.860. The molecule has 1 unspecified atom stereocenters. The molecule has 0 amide bonds. The molecule has 0 heterocycles. The normalized spacial score (nSPS) is 13.8. The van der Waals surface area contributed by atoms with Crippen molar-refractivity contribution in [3.05, 3.63) is 34.9 Å². The molecule has 0 fully saturated rings. The van der Waals surface area contributed by atoms with Crippen molar-refractivity contribution >= 4 is 0 Å². The summed E-state index contributed by atoms with van der Waals surface area (Å²) in [5.41, 5.74) is 10.0. The highest BCUT2D eigenvalue weighted by molar-refractivity contribution is 5.30. The Morgan fingerprint density at radius 2 is 1.88 bits per heavy atom. The smallest absolute Gasteiger partial charge is 0.0637 e. The van der Waals surface area contributed by atoms with E-state index in [1.54, 1.807) is 7.11 Å². The largest absolute Gasteiger partial charge is 0.379 e. The first-order chi connectivity index (χ1) is 7.84. The minimum absolute atomic E-state index is 0.140. The Balaban J connectivity index is 2.62. The van der Waals surface area contributed by atoms with Crippen LogP contribution >= 0.6 is 0 Å². The summed E-state index contributed by atoms with van der Waals surface area (Å²) in [4.78, 5) is 0. The molecule has 1 rings (SSSR count). The van der Waals surface area contributed by atoms with Crippen molar-refractivity contribution in [1.82, 2.24) is 0 Å². The number of benzene rings is 1. The first kappa shape index (κ1) is 14.2. The number of rotatable bonds is 5. The van der Waals surface area contributed by atoms with Gasteiger partial charge >= 0.3 is 0 Å². The van der Waals surface area contributed by atoms with Crippen LogP contribution in [0.3, 0.4) is 0 Å². The fourth-order valence-electron chi connectivity index (χ4n) is 2.02. The predicted octanol–water partition coefficient (Wildman–Crippen LogP) is 2.99. The SMILES string of the molecule is COC(C)(C)CC(N)Cc1ccc(C)c(C)c1. The van der Waals surface area contributed by atoms with Crippen molar-refractivity contribution in [2.75, 3.05) is 7.11 Å². The minimum Gasteiger partial charge on any atom is -0.379 e. The number of ether oxygens (including phenoxy) is 1. The zero-order valence-corrected chi connectivity index (χ0v) is 11.7. The molecule has 0 radical (unpaired) electrons. The molecule has 0 saturated heterocycles. The van der Waals surface area contributed by atoms with Gasteiger partial charge in [0.1, 0.15) is 0 Å². The van der Waals surface area contributed by atoms with E-state index < -0.39 is 0 Å². The summed E-state index contributed by atoms with van der Waals surface area (Å²) in [5.74, 6) is 0. The van der Waals surface area contributed by atoms with Crippen LogP contribution in [0.1, 0.15) is 37.0 Å². The second kappa shape index (κ2) is 5.65. The molecule has 96 valence electrons. The third-order valence-corrected chi connectivity index (χ3v) is 3.38. The molecule has 0 saturated carbocycles. The summed E-state index contributed by atoms with van der Waals surface area (Å²) in [6.45, 7) is 8.43. The Bertz CT molecular complexity index is 371. The molecule has 2 nitrogen and oxygen atoms in total. The van der Waals surface area contributed by atoms with Gasteiger partial charge in [0, 0.05) is 13.2 Å². The Morgan fingerprint density at radius 3 is 2.41 bits per heavy atom. The van der Waals surface area contributed by atoms with Gasteiger partial charge in [-0.2, -0.15) is 0 Å². The molecule has 1 aromatic rings. The van der Waals surface area contributed by atoms with Gasteiger partial charge in [0.25, 0.3) is 0 Å². The third-order valence-electron chi connectivity index (χ3n) is 3.38. The van der Waals surface area contributed by atoms with Gasteiger partial charge in [-0.1, -0.05) is 18.2 Å². The number of hydrogen-bond acceptors (Lipinski definition) is 2. The molecular formula is C15H25NO. The topological polar surface area (TPSA) is 35.2 Å². The first-order valence-corrected chi connectivity index (χ1v) is 6.21. The van der Waals surface area contributed by atoms with Crippen LogP contribution in [0.15, 0.2) is 18.2 Å². The Morgan fingerprint density at radius 1 is 1.24 bits per heavy atom. The second-order valence-corrected chi connectivity index (χ2v) is 5.55. The molecule has 2 heteroatoms. The van der Waals surface area contributed by atoms with Gasteiger partial charge in [0.15, 0.2) is 0 Å². The van der Waals surface area contributed by atoms with E-state index in [2.05, 4.69) is 45.9 Å². The number of aryl methyl sites for hydroxylation is 2. The van der Waals surface area contributed by atoms with Crippen LogP contribution in [0.5, 0.6) is 0 Å². The van der Waals surface area contributed by atoms with Crippen molar-refractivity contribution in [1.29, 1.82) is 0 Å². The van der Waals surface area contributed by atoms with E-state index in [0.717, 1.165) is 12.8 Å². The van der Waals surface area contributed by atoms with Crippen molar-refractivity contribution in [2.45, 2.75) is 52.2 Å². The van der Waals surface area contributed by atoms with Gasteiger partial charge in [0.05, 0.1) is 5.60 Å². The van der Waals surface area contributed by atoms with Gasteiger partial charge in [-0.05, 0) is 57.2 Å². The number of hydrogen-bond donors (Lipinski definition) is 1. The third kappa shape index (κ3) is 4.49. The number of nitrogens with two attached hydrogens (primary N) is 1. The molecule has 0 bridgehead atoms. The zero-order chi connectivity index (χ0) is 13.1. The molecule has 0 aliphatic rings. The van der Waals surface area contributed by atoms with Crippen LogP contribution in [0.4, 0.5) is 0 Å². The molecule has 17 heavy (non-hydrogen) atoms. The second-order valence-electron chi connectivity index (χ2n) is 5.55. The molecule has 0 aromatic heterocycles. The lowest BCUT2D eigenvalue weighted by atomic mass is 9.93. The van der Waals surface area contributed by atoms with E-state index in [-0.39, 0.29) is 11.6 Å². The van der Waals surface area contributed by atoms with Crippen LogP contribution in [-0.4, -0.2) is 18.8 Å². The molecule has 0 aliphatic carbocycles. The fourth-order valence-corrected chi connectivity index (χ4v) is 2.02. The van der Waals surface area contributed by atoms with Crippen molar-refractivity contribution in [2.24, 2.45) is 5.73 Å². The van der Waals surface area contributed by atoms with Crippen LogP contribution in [0, 0.1) is 13.8 Å². The Labute approximate surface area is 105 Å². The zero-order valence-electron chi connectivity index (χ0n) is 11.7. The van der Waals surface area contributed by atoms with Crippen LogP contribution in [0.2, 0.25) is 0 Å². The summed E-state index contributed by atoms with van der Waals surface area (Å²) in [5, 5.41) is 0. The van der Waals surface area contributed by atoms with Crippen molar-refractivity contribution in [3.8, 4) is 0 Å². The van der Waals surface area contributed by atoms with Gasteiger partial charge in [-0.25, -0.2) is 0 Å². The molecular weight excluding hydrogens is 210 g/mol. The summed E-state index contributed by atoms with van der Waals surface area (Å²) >= 11 is 0. The Kier molecular flexibility index (Phi) is 4.72. The van der Waals surface area contributed by atoms with E-state index in [0.29, 0.717) is 0 Å². The highest BCUT2D eigenvalue weighted by atomic mass is 16.5. The standard InChI is InChI=1S/C15H25NO/c1-11-6-7-13(8-12(11)2)9-14(16)10-15(3,4)17-5/h6-8,14H,9-10,16H2,1-5H3. The lowest BCUT2D eigenvalue weighted by Gasteiger charge is -2.26. The molecule has 1 aromatic carbocycles. The van der Waals surface area contributed by atoms with E-state index in [1.807, 2.05) is 0 Å². The maximum Gasteiger partial charge on any atom is 0.0637 e. The fraction of sp³-hybridized carbons (Fsp3) is 0.600. The highest BCUT2D eigenvalue weighted by Crippen LogP contribution is 2.18. The maximum atomic E-state index is 6.18. The van der Waals surface area contributed by atoms with Crippen LogP contribution < -0.4 is 5.73 Å². The minimum atomic E-state index is -0.140. The van der Waals surface area contributed by atoms with E-state index in [4.69, 9.17) is 10.5 Å².